The van der Waals surface area contributed by atoms with E-state index in [0.717, 1.165) is 6.54 Å². The van der Waals surface area contributed by atoms with Crippen LogP contribution in [0.15, 0.2) is 24.3 Å². The quantitative estimate of drug-likeness (QED) is 0.896. The summed E-state index contributed by atoms with van der Waals surface area (Å²) in [6.45, 7) is 11.7. The third-order valence-electron chi connectivity index (χ3n) is 5.04. The molecule has 1 aliphatic heterocycles. The molecule has 0 amide bonds. The zero-order valence-corrected chi connectivity index (χ0v) is 13.5. The highest BCUT2D eigenvalue weighted by molar-refractivity contribution is 5.37. The number of hydrogen-bond acceptors (Lipinski definition) is 3. The van der Waals surface area contributed by atoms with Crippen LogP contribution in [0, 0.1) is 0 Å². The summed E-state index contributed by atoms with van der Waals surface area (Å²) in [5.41, 5.74) is 3.07. The Hall–Kier alpha value is -0.900. The summed E-state index contributed by atoms with van der Waals surface area (Å²) in [6, 6.07) is 10.2. The number of likely N-dealkylation sites (N-methyl/N-ethyl adjacent to an activating group) is 1. The van der Waals surface area contributed by atoms with Crippen molar-refractivity contribution in [2.75, 3.05) is 39.3 Å². The van der Waals surface area contributed by atoms with E-state index < -0.39 is 0 Å². The molecule has 0 spiro atoms. The van der Waals surface area contributed by atoms with Crippen molar-refractivity contribution in [1.82, 2.24) is 15.1 Å². The number of piperazine rings is 1. The molecule has 1 N–H and O–H groups in total. The molecule has 0 saturated carbocycles. The average molecular weight is 287 g/mol. The summed E-state index contributed by atoms with van der Waals surface area (Å²) in [6.07, 6.45) is 2.48. The van der Waals surface area contributed by atoms with Crippen LogP contribution < -0.4 is 5.32 Å². The fourth-order valence-corrected chi connectivity index (χ4v) is 4.01. The number of hydrogen-bond donors (Lipinski definition) is 1. The fraction of sp³-hybridized carbons (Fsp3) is 0.667. The van der Waals surface area contributed by atoms with Crippen molar-refractivity contribution in [2.24, 2.45) is 0 Å². The van der Waals surface area contributed by atoms with Crippen LogP contribution in [-0.2, 0) is 6.42 Å². The minimum atomic E-state index is 0.518. The van der Waals surface area contributed by atoms with E-state index in [9.17, 15) is 0 Å². The molecule has 116 valence electrons. The topological polar surface area (TPSA) is 18.5 Å². The molecular formula is C18H29N3. The Bertz CT molecular complexity index is 452. The number of benzene rings is 1. The number of nitrogens with zero attached hydrogens (tertiary/aromatic N) is 2. The van der Waals surface area contributed by atoms with Crippen LogP contribution >= 0.6 is 0 Å². The molecular weight excluding hydrogens is 258 g/mol. The van der Waals surface area contributed by atoms with Crippen molar-refractivity contribution < 1.29 is 0 Å². The average Bonchev–Trinajstić information content (AvgIpc) is 2.88. The first-order chi connectivity index (χ1) is 10.3. The van der Waals surface area contributed by atoms with E-state index in [2.05, 4.69) is 53.2 Å². The minimum absolute atomic E-state index is 0.518. The van der Waals surface area contributed by atoms with Crippen LogP contribution in [0.1, 0.15) is 37.4 Å². The molecule has 3 heteroatoms. The summed E-state index contributed by atoms with van der Waals surface area (Å²) in [7, 11) is 0. The van der Waals surface area contributed by atoms with Crippen LogP contribution in [-0.4, -0.2) is 55.1 Å². The van der Waals surface area contributed by atoms with Crippen molar-refractivity contribution in [2.45, 2.75) is 38.8 Å². The first-order valence-electron chi connectivity index (χ1n) is 8.61. The summed E-state index contributed by atoms with van der Waals surface area (Å²) in [5.74, 6) is 0. The molecule has 0 radical (unpaired) electrons. The van der Waals surface area contributed by atoms with Gasteiger partial charge in [-0.2, -0.15) is 0 Å². The second kappa shape index (κ2) is 6.91. The van der Waals surface area contributed by atoms with Crippen molar-refractivity contribution in [1.29, 1.82) is 0 Å². The Morgan fingerprint density at radius 2 is 1.86 bits per heavy atom. The van der Waals surface area contributed by atoms with Gasteiger partial charge in [0.15, 0.2) is 0 Å². The Kier molecular flexibility index (Phi) is 4.94. The van der Waals surface area contributed by atoms with Crippen LogP contribution in [0.5, 0.6) is 0 Å². The van der Waals surface area contributed by atoms with Gasteiger partial charge in [0.1, 0.15) is 0 Å². The molecule has 0 bridgehead atoms. The second-order valence-corrected chi connectivity index (χ2v) is 6.38. The fourth-order valence-electron chi connectivity index (χ4n) is 4.01. The minimum Gasteiger partial charge on any atom is -0.309 e. The van der Waals surface area contributed by atoms with Crippen molar-refractivity contribution >= 4 is 0 Å². The predicted octanol–water partition coefficient (Wildman–Crippen LogP) is 2.29. The molecule has 3 nitrogen and oxygen atoms in total. The lowest BCUT2D eigenvalue weighted by Gasteiger charge is -2.40. The van der Waals surface area contributed by atoms with Gasteiger partial charge in [-0.25, -0.2) is 0 Å². The van der Waals surface area contributed by atoms with Gasteiger partial charge in [0.05, 0.1) is 0 Å². The number of fused-ring (bicyclic) bond motifs is 1. The third kappa shape index (κ3) is 3.15. The summed E-state index contributed by atoms with van der Waals surface area (Å²) in [5, 5.41) is 3.73. The molecule has 1 aromatic rings. The first kappa shape index (κ1) is 15.0. The van der Waals surface area contributed by atoms with Gasteiger partial charge in [0.2, 0.25) is 0 Å². The second-order valence-electron chi connectivity index (χ2n) is 6.38. The van der Waals surface area contributed by atoms with E-state index in [0.29, 0.717) is 12.1 Å². The predicted molar refractivity (Wildman–Crippen MR) is 88.7 cm³/mol. The highest BCUT2D eigenvalue weighted by Crippen LogP contribution is 2.34. The molecule has 1 saturated heterocycles. The number of nitrogens with one attached hydrogen (secondary N) is 1. The van der Waals surface area contributed by atoms with Gasteiger partial charge in [0, 0.05) is 38.3 Å². The van der Waals surface area contributed by atoms with E-state index in [1.807, 2.05) is 0 Å². The van der Waals surface area contributed by atoms with Crippen molar-refractivity contribution in [3.8, 4) is 0 Å². The Labute approximate surface area is 129 Å². The van der Waals surface area contributed by atoms with Crippen LogP contribution in [0.25, 0.3) is 0 Å². The van der Waals surface area contributed by atoms with Gasteiger partial charge >= 0.3 is 0 Å². The lowest BCUT2D eigenvalue weighted by atomic mass is 10.1. The standard InChI is InChI=1S/C18H29N3/c1-3-9-20-10-12-21(13-11-20)17-14-15-7-5-6-8-16(15)18(17)19-4-2/h5-8,17-19H,3-4,9-14H2,1-2H3. The van der Waals surface area contributed by atoms with E-state index in [-0.39, 0.29) is 0 Å². The molecule has 21 heavy (non-hydrogen) atoms. The zero-order chi connectivity index (χ0) is 14.7. The van der Waals surface area contributed by atoms with Gasteiger partial charge in [-0.1, -0.05) is 38.1 Å². The van der Waals surface area contributed by atoms with E-state index >= 15 is 0 Å². The highest BCUT2D eigenvalue weighted by atomic mass is 15.3. The smallest absolute Gasteiger partial charge is 0.0484 e. The van der Waals surface area contributed by atoms with E-state index in [4.69, 9.17) is 0 Å². The van der Waals surface area contributed by atoms with E-state index in [1.165, 1.54) is 51.1 Å². The third-order valence-corrected chi connectivity index (χ3v) is 5.04. The molecule has 3 rings (SSSR count). The van der Waals surface area contributed by atoms with E-state index in [1.54, 1.807) is 5.56 Å². The molecule has 1 heterocycles. The maximum Gasteiger partial charge on any atom is 0.0484 e. The van der Waals surface area contributed by atoms with Gasteiger partial charge in [-0.05, 0) is 37.1 Å². The van der Waals surface area contributed by atoms with Gasteiger partial charge < -0.3 is 10.2 Å². The van der Waals surface area contributed by atoms with Crippen molar-refractivity contribution in [3.05, 3.63) is 35.4 Å². The van der Waals surface area contributed by atoms with Crippen molar-refractivity contribution in [3.63, 3.8) is 0 Å². The Balaban J connectivity index is 1.68. The summed E-state index contributed by atoms with van der Waals surface area (Å²) >= 11 is 0. The SMILES string of the molecule is CCCN1CCN(C2Cc3ccccc3C2NCC)CC1. The maximum absolute atomic E-state index is 3.73. The zero-order valence-electron chi connectivity index (χ0n) is 13.5. The molecule has 2 unspecified atom stereocenters. The molecule has 2 aliphatic rings. The normalized spacial score (nSPS) is 27.0. The summed E-state index contributed by atoms with van der Waals surface area (Å²) in [4.78, 5) is 5.33. The highest BCUT2D eigenvalue weighted by Gasteiger charge is 2.36. The number of rotatable bonds is 5. The molecule has 1 aliphatic carbocycles. The Morgan fingerprint density at radius 1 is 1.10 bits per heavy atom. The van der Waals surface area contributed by atoms with Gasteiger partial charge in [-0.15, -0.1) is 0 Å². The van der Waals surface area contributed by atoms with Gasteiger partial charge in [0.25, 0.3) is 0 Å². The monoisotopic (exact) mass is 287 g/mol. The van der Waals surface area contributed by atoms with Crippen LogP contribution in [0.4, 0.5) is 0 Å². The lowest BCUT2D eigenvalue weighted by molar-refractivity contribution is 0.0838. The molecule has 1 fully saturated rings. The maximum atomic E-state index is 3.73. The lowest BCUT2D eigenvalue weighted by Crippen LogP contribution is -2.53. The van der Waals surface area contributed by atoms with Crippen LogP contribution in [0.2, 0.25) is 0 Å². The summed E-state index contributed by atoms with van der Waals surface area (Å²) < 4.78 is 0. The molecule has 0 aromatic heterocycles. The largest absolute Gasteiger partial charge is 0.309 e. The Morgan fingerprint density at radius 3 is 2.57 bits per heavy atom. The molecule has 1 aromatic carbocycles. The van der Waals surface area contributed by atoms with Crippen LogP contribution in [0.3, 0.4) is 0 Å². The molecule has 2 atom stereocenters. The first-order valence-corrected chi connectivity index (χ1v) is 8.61. The van der Waals surface area contributed by atoms with Gasteiger partial charge in [-0.3, -0.25) is 4.90 Å².